The van der Waals surface area contributed by atoms with Crippen LogP contribution >= 0.6 is 0 Å². The van der Waals surface area contributed by atoms with Gasteiger partial charge < -0.3 is 10.5 Å². The number of nitrogens with two attached hydrogens (primary N) is 1. The lowest BCUT2D eigenvalue weighted by Crippen LogP contribution is -2.27. The second kappa shape index (κ2) is 5.90. The molecule has 0 saturated carbocycles. The molecule has 0 spiro atoms. The van der Waals surface area contributed by atoms with Gasteiger partial charge in [0.2, 0.25) is 10.0 Å². The van der Waals surface area contributed by atoms with E-state index >= 15 is 0 Å². The van der Waals surface area contributed by atoms with Gasteiger partial charge in [0, 0.05) is 18.8 Å². The molecule has 1 aromatic rings. The van der Waals surface area contributed by atoms with Gasteiger partial charge in [-0.25, -0.2) is 13.1 Å². The first kappa shape index (κ1) is 14.3. The first-order chi connectivity index (χ1) is 8.97. The smallest absolute Gasteiger partial charge is 0.240 e. The lowest BCUT2D eigenvalue weighted by atomic mass is 10.2. The molecule has 3 N–H and O–H groups in total. The summed E-state index contributed by atoms with van der Waals surface area (Å²) in [7, 11) is -3.48. The fourth-order valence-corrected chi connectivity index (χ4v) is 3.43. The van der Waals surface area contributed by atoms with Crippen molar-refractivity contribution < 1.29 is 13.2 Å². The van der Waals surface area contributed by atoms with Gasteiger partial charge in [0.25, 0.3) is 0 Å². The number of rotatable bonds is 5. The zero-order chi connectivity index (χ0) is 13.9. The number of anilines is 1. The molecule has 2 rings (SSSR count). The molecule has 1 unspecified atom stereocenters. The molecule has 5 nitrogen and oxygen atoms in total. The summed E-state index contributed by atoms with van der Waals surface area (Å²) in [5.41, 5.74) is 6.96. The molecular weight excluding hydrogens is 264 g/mol. The van der Waals surface area contributed by atoms with E-state index in [0.717, 1.165) is 25.0 Å². The molecule has 1 heterocycles. The van der Waals surface area contributed by atoms with Gasteiger partial charge in [0.15, 0.2) is 0 Å². The Balaban J connectivity index is 1.97. The van der Waals surface area contributed by atoms with E-state index in [0.29, 0.717) is 18.7 Å². The van der Waals surface area contributed by atoms with Gasteiger partial charge in [0.05, 0.1) is 11.0 Å². The maximum Gasteiger partial charge on any atom is 0.240 e. The van der Waals surface area contributed by atoms with Gasteiger partial charge >= 0.3 is 0 Å². The number of hydrogen-bond donors (Lipinski definition) is 2. The molecule has 1 fully saturated rings. The Hall–Kier alpha value is -1.11. The fraction of sp³-hybridized carbons (Fsp3) is 0.538. The van der Waals surface area contributed by atoms with Crippen LogP contribution in [0.3, 0.4) is 0 Å². The number of nitrogen functional groups attached to an aromatic ring is 1. The average Bonchev–Trinajstić information content (AvgIpc) is 2.80. The summed E-state index contributed by atoms with van der Waals surface area (Å²) in [6.07, 6.45) is 2.97. The fourth-order valence-electron chi connectivity index (χ4n) is 2.24. The van der Waals surface area contributed by atoms with Crippen LogP contribution < -0.4 is 10.5 Å². The summed E-state index contributed by atoms with van der Waals surface area (Å²) in [6.45, 7) is 2.99. The van der Waals surface area contributed by atoms with Gasteiger partial charge in [-0.15, -0.1) is 0 Å². The lowest BCUT2D eigenvalue weighted by Gasteiger charge is -2.11. The summed E-state index contributed by atoms with van der Waals surface area (Å²) >= 11 is 0. The van der Waals surface area contributed by atoms with Crippen molar-refractivity contribution in [3.05, 3.63) is 23.8 Å². The van der Waals surface area contributed by atoms with Crippen molar-refractivity contribution in [1.29, 1.82) is 0 Å². The third kappa shape index (κ3) is 3.92. The Bertz CT molecular complexity index is 517. The zero-order valence-corrected chi connectivity index (χ0v) is 11.9. The first-order valence-electron chi connectivity index (χ1n) is 6.46. The highest BCUT2D eigenvalue weighted by atomic mass is 32.2. The molecule has 106 valence electrons. The Morgan fingerprint density at radius 2 is 2.21 bits per heavy atom. The third-order valence-corrected chi connectivity index (χ3v) is 4.61. The topological polar surface area (TPSA) is 81.4 Å². The SMILES string of the molecule is Cc1cc(N)cc(S(=O)(=O)NCCC2CCCO2)c1. The quantitative estimate of drug-likeness (QED) is 0.801. The van der Waals surface area contributed by atoms with Gasteiger partial charge in [-0.3, -0.25) is 0 Å². The maximum atomic E-state index is 12.1. The van der Waals surface area contributed by atoms with Crippen LogP contribution in [0.4, 0.5) is 5.69 Å². The number of ether oxygens (including phenoxy) is 1. The molecular formula is C13H20N2O3S. The van der Waals surface area contributed by atoms with E-state index in [1.165, 1.54) is 6.07 Å². The van der Waals surface area contributed by atoms with Gasteiger partial charge in [-0.1, -0.05) is 0 Å². The monoisotopic (exact) mass is 284 g/mol. The molecule has 0 amide bonds. The Labute approximate surface area is 114 Å². The first-order valence-corrected chi connectivity index (χ1v) is 7.94. The highest BCUT2D eigenvalue weighted by molar-refractivity contribution is 7.89. The highest BCUT2D eigenvalue weighted by Gasteiger charge is 2.18. The molecule has 19 heavy (non-hydrogen) atoms. The Morgan fingerprint density at radius 3 is 2.84 bits per heavy atom. The Morgan fingerprint density at radius 1 is 1.42 bits per heavy atom. The molecule has 1 aliphatic heterocycles. The molecule has 0 radical (unpaired) electrons. The van der Waals surface area contributed by atoms with Crippen LogP contribution in [0.5, 0.6) is 0 Å². The number of aryl methyl sites for hydroxylation is 1. The highest BCUT2D eigenvalue weighted by Crippen LogP contribution is 2.17. The van der Waals surface area contributed by atoms with E-state index in [-0.39, 0.29) is 11.0 Å². The van der Waals surface area contributed by atoms with Crippen molar-refractivity contribution in [1.82, 2.24) is 4.72 Å². The number of nitrogens with one attached hydrogen (secondary N) is 1. The van der Waals surface area contributed by atoms with E-state index in [4.69, 9.17) is 10.5 Å². The van der Waals surface area contributed by atoms with E-state index in [9.17, 15) is 8.42 Å². The van der Waals surface area contributed by atoms with Gasteiger partial charge in [0.1, 0.15) is 0 Å². The van der Waals surface area contributed by atoms with Crippen LogP contribution in [0.1, 0.15) is 24.8 Å². The second-order valence-corrected chi connectivity index (χ2v) is 6.67. The second-order valence-electron chi connectivity index (χ2n) is 4.90. The largest absolute Gasteiger partial charge is 0.399 e. The summed E-state index contributed by atoms with van der Waals surface area (Å²) in [5, 5.41) is 0. The molecule has 1 atom stereocenters. The number of sulfonamides is 1. The van der Waals surface area contributed by atoms with Crippen LogP contribution in [0.2, 0.25) is 0 Å². The summed E-state index contributed by atoms with van der Waals surface area (Å²) in [6, 6.07) is 4.83. The van der Waals surface area contributed by atoms with Crippen molar-refractivity contribution in [2.75, 3.05) is 18.9 Å². The normalized spacial score (nSPS) is 19.7. The van der Waals surface area contributed by atoms with Crippen molar-refractivity contribution in [2.45, 2.75) is 37.2 Å². The maximum absolute atomic E-state index is 12.1. The average molecular weight is 284 g/mol. The molecule has 1 aliphatic rings. The molecule has 1 aromatic carbocycles. The van der Waals surface area contributed by atoms with Gasteiger partial charge in [-0.2, -0.15) is 0 Å². The van der Waals surface area contributed by atoms with E-state index < -0.39 is 10.0 Å². The van der Waals surface area contributed by atoms with Crippen molar-refractivity contribution in [3.8, 4) is 0 Å². The van der Waals surface area contributed by atoms with E-state index in [2.05, 4.69) is 4.72 Å². The Kier molecular flexibility index (Phi) is 4.44. The van der Waals surface area contributed by atoms with E-state index in [1.807, 2.05) is 6.92 Å². The van der Waals surface area contributed by atoms with Crippen molar-refractivity contribution in [2.24, 2.45) is 0 Å². The standard InChI is InChI=1S/C13H20N2O3S/c1-10-7-11(14)9-13(8-10)19(16,17)15-5-4-12-3-2-6-18-12/h7-9,12,15H,2-6,14H2,1H3. The molecule has 1 saturated heterocycles. The van der Waals surface area contributed by atoms with E-state index in [1.54, 1.807) is 12.1 Å². The van der Waals surface area contributed by atoms with Gasteiger partial charge in [-0.05, 0) is 49.9 Å². The zero-order valence-electron chi connectivity index (χ0n) is 11.1. The number of hydrogen-bond acceptors (Lipinski definition) is 4. The molecule has 0 aliphatic carbocycles. The number of benzene rings is 1. The van der Waals surface area contributed by atoms with Crippen LogP contribution in [-0.2, 0) is 14.8 Å². The minimum absolute atomic E-state index is 0.185. The predicted molar refractivity (Wildman–Crippen MR) is 74.4 cm³/mol. The summed E-state index contributed by atoms with van der Waals surface area (Å²) < 4.78 is 32.3. The summed E-state index contributed by atoms with van der Waals surface area (Å²) in [5.74, 6) is 0. The van der Waals surface area contributed by atoms with Crippen molar-refractivity contribution >= 4 is 15.7 Å². The third-order valence-electron chi connectivity index (χ3n) is 3.17. The van der Waals surface area contributed by atoms with Crippen LogP contribution in [0, 0.1) is 6.92 Å². The lowest BCUT2D eigenvalue weighted by molar-refractivity contribution is 0.105. The predicted octanol–water partition coefficient (Wildman–Crippen LogP) is 1.42. The molecule has 0 aromatic heterocycles. The minimum Gasteiger partial charge on any atom is -0.399 e. The van der Waals surface area contributed by atoms with Crippen LogP contribution in [0.15, 0.2) is 23.1 Å². The molecule has 6 heteroatoms. The molecule has 0 bridgehead atoms. The summed E-state index contributed by atoms with van der Waals surface area (Å²) in [4.78, 5) is 0.220. The van der Waals surface area contributed by atoms with Crippen LogP contribution in [-0.4, -0.2) is 27.7 Å². The van der Waals surface area contributed by atoms with Crippen LogP contribution in [0.25, 0.3) is 0 Å². The minimum atomic E-state index is -3.48. The van der Waals surface area contributed by atoms with Crippen molar-refractivity contribution in [3.63, 3.8) is 0 Å².